The van der Waals surface area contributed by atoms with Crippen LogP contribution in [0, 0.1) is 13.8 Å². The van der Waals surface area contributed by atoms with Gasteiger partial charge in [0, 0.05) is 44.6 Å². The third kappa shape index (κ3) is 5.81. The number of allylic oxidation sites excluding steroid dienone is 5. The second-order valence-corrected chi connectivity index (χ2v) is 7.54. The van der Waals surface area contributed by atoms with Gasteiger partial charge in [-0.25, -0.2) is 0 Å². The SMILES string of the molecule is [CH2-]c1ccccc1-c1ccccn1.[CH2-]c1ccccc1C(=C1C=CC=C1)n1ccn(C)[cH+]1.[Ir]. The van der Waals surface area contributed by atoms with Gasteiger partial charge < -0.3 is 0 Å². The maximum atomic E-state index is 4.27. The number of rotatable bonds is 3. The van der Waals surface area contributed by atoms with Crippen molar-refractivity contribution in [3.63, 3.8) is 0 Å². The largest absolute Gasteiger partial charge is 0.270 e. The van der Waals surface area contributed by atoms with Crippen molar-refractivity contribution in [1.29, 1.82) is 0 Å². The number of aryl methyl sites for hydroxylation is 1. The van der Waals surface area contributed by atoms with Gasteiger partial charge in [-0.1, -0.05) is 42.0 Å². The van der Waals surface area contributed by atoms with Crippen molar-refractivity contribution >= 4 is 5.70 Å². The third-order valence-electron chi connectivity index (χ3n) is 5.19. The molecule has 33 heavy (non-hydrogen) atoms. The molecule has 0 saturated heterocycles. The second kappa shape index (κ2) is 11.3. The summed E-state index contributed by atoms with van der Waals surface area (Å²) in [4.78, 5) is 4.27. The van der Waals surface area contributed by atoms with Crippen molar-refractivity contribution in [3.05, 3.63) is 152 Å². The molecule has 4 heteroatoms. The monoisotopic (exact) mass is 609 g/mol. The molecule has 2 aromatic heterocycles. The summed E-state index contributed by atoms with van der Waals surface area (Å²) in [7, 11) is 2.02. The first-order valence-corrected chi connectivity index (χ1v) is 10.5. The summed E-state index contributed by atoms with van der Waals surface area (Å²) >= 11 is 0. The van der Waals surface area contributed by atoms with Gasteiger partial charge in [0.25, 0.3) is 0 Å². The molecular weight excluding hydrogens is 583 g/mol. The minimum Gasteiger partial charge on any atom is -0.270 e. The Morgan fingerprint density at radius 2 is 1.48 bits per heavy atom. The van der Waals surface area contributed by atoms with E-state index in [0.29, 0.717) is 0 Å². The molecule has 1 aliphatic rings. The van der Waals surface area contributed by atoms with Crippen molar-refractivity contribution in [1.82, 2.24) is 14.1 Å². The van der Waals surface area contributed by atoms with Crippen LogP contribution in [0.25, 0.3) is 17.0 Å². The number of aromatic nitrogens is 3. The molecule has 1 radical (unpaired) electrons. The Morgan fingerprint density at radius 3 is 2.09 bits per heavy atom. The minimum absolute atomic E-state index is 0. The van der Waals surface area contributed by atoms with Crippen LogP contribution in [0.4, 0.5) is 0 Å². The summed E-state index contributed by atoms with van der Waals surface area (Å²) in [5.74, 6) is 0. The van der Waals surface area contributed by atoms with Crippen molar-refractivity contribution in [3.8, 4) is 11.3 Å². The predicted molar refractivity (Wildman–Crippen MR) is 133 cm³/mol. The Balaban J connectivity index is 0.000000192. The first kappa shape index (κ1) is 24.1. The zero-order valence-electron chi connectivity index (χ0n) is 18.6. The smallest absolute Gasteiger partial charge is 0.165 e. The molecule has 0 atom stereocenters. The van der Waals surface area contributed by atoms with E-state index < -0.39 is 0 Å². The zero-order chi connectivity index (χ0) is 22.3. The third-order valence-corrected chi connectivity index (χ3v) is 5.19. The van der Waals surface area contributed by atoms with E-state index in [-0.39, 0.29) is 20.1 Å². The van der Waals surface area contributed by atoms with E-state index in [1.54, 1.807) is 6.20 Å². The van der Waals surface area contributed by atoms with Crippen LogP contribution in [0.3, 0.4) is 0 Å². The van der Waals surface area contributed by atoms with Crippen LogP contribution in [-0.2, 0) is 27.2 Å². The summed E-state index contributed by atoms with van der Waals surface area (Å²) in [6, 6.07) is 22.1. The summed E-state index contributed by atoms with van der Waals surface area (Å²) in [6.07, 6.45) is 16.3. The number of pyridine rings is 1. The van der Waals surface area contributed by atoms with E-state index in [2.05, 4.69) is 72.4 Å². The zero-order valence-corrected chi connectivity index (χ0v) is 21.0. The quantitative estimate of drug-likeness (QED) is 0.240. The molecule has 0 unspecified atom stereocenters. The predicted octanol–water partition coefficient (Wildman–Crippen LogP) is 6.60. The molecule has 5 rings (SSSR count). The first-order chi connectivity index (χ1) is 15.6. The van der Waals surface area contributed by atoms with Crippen molar-refractivity contribution in [2.45, 2.75) is 0 Å². The van der Waals surface area contributed by atoms with Crippen molar-refractivity contribution < 1.29 is 20.1 Å². The molecule has 2 aromatic carbocycles. The number of imidazole rings is 1. The normalized spacial score (nSPS) is 11.5. The first-order valence-electron chi connectivity index (χ1n) is 10.5. The minimum atomic E-state index is 0. The fourth-order valence-electron chi connectivity index (χ4n) is 3.60. The maximum absolute atomic E-state index is 4.27. The van der Waals surface area contributed by atoms with E-state index in [1.807, 2.05) is 72.4 Å². The number of hydrogen-bond acceptors (Lipinski definition) is 1. The molecule has 0 aliphatic heterocycles. The Bertz CT molecular complexity index is 1280. The molecule has 2 heterocycles. The summed E-state index contributed by atoms with van der Waals surface area (Å²) in [5, 5.41) is 0. The van der Waals surface area contributed by atoms with Crippen LogP contribution < -0.4 is 0 Å². The van der Waals surface area contributed by atoms with Crippen LogP contribution >= 0.6 is 0 Å². The molecule has 1 aliphatic carbocycles. The van der Waals surface area contributed by atoms with Crippen LogP contribution in [0.15, 0.2) is 122 Å². The standard InChI is InChI=1S/C17H16N2.C12H10N.Ir/c1-14-7-3-6-10-16(14)17(15-8-4-5-9-15)19-12-11-18(2)13-19;1-10-6-2-3-7-11(10)12-8-4-5-9-13-12;/h3-13H,1H2,2H3;2-9H,1H2;/q;-1;. The molecule has 3 nitrogen and oxygen atoms in total. The Hall–Kier alpha value is -3.59. The average molecular weight is 609 g/mol. The van der Waals surface area contributed by atoms with Gasteiger partial charge in [0.05, 0.1) is 5.70 Å². The molecule has 0 amide bonds. The van der Waals surface area contributed by atoms with Crippen LogP contribution in [-0.4, -0.2) is 14.1 Å². The molecule has 4 aromatic rings. The fourth-order valence-corrected chi connectivity index (χ4v) is 3.60. The Morgan fingerprint density at radius 1 is 0.818 bits per heavy atom. The Labute approximate surface area is 209 Å². The van der Waals surface area contributed by atoms with Crippen LogP contribution in [0.5, 0.6) is 0 Å². The molecule has 0 bridgehead atoms. The van der Waals surface area contributed by atoms with Crippen LogP contribution in [0.2, 0.25) is 0 Å². The summed E-state index contributed by atoms with van der Waals surface area (Å²) in [6.45, 7) is 8.10. The fraction of sp³-hybridized carbons (Fsp3) is 0.0345. The molecule has 0 fully saturated rings. The number of benzene rings is 2. The summed E-state index contributed by atoms with van der Waals surface area (Å²) < 4.78 is 4.17. The average Bonchev–Trinajstić information content (AvgIpc) is 3.49. The van der Waals surface area contributed by atoms with E-state index in [4.69, 9.17) is 0 Å². The van der Waals surface area contributed by atoms with Gasteiger partial charge in [0.1, 0.15) is 12.4 Å². The van der Waals surface area contributed by atoms with Gasteiger partial charge in [-0.3, -0.25) is 9.55 Å². The van der Waals surface area contributed by atoms with Gasteiger partial charge in [0.2, 0.25) is 0 Å². The van der Waals surface area contributed by atoms with E-state index in [0.717, 1.165) is 33.6 Å². The van der Waals surface area contributed by atoms with E-state index in [1.165, 1.54) is 5.57 Å². The molecular formula is C29H26IrN3-. The number of nitrogens with zero attached hydrogens (tertiary/aromatic N) is 3. The van der Waals surface area contributed by atoms with Gasteiger partial charge >= 0.3 is 0 Å². The van der Waals surface area contributed by atoms with E-state index in [9.17, 15) is 0 Å². The van der Waals surface area contributed by atoms with E-state index >= 15 is 0 Å². The van der Waals surface area contributed by atoms with Crippen molar-refractivity contribution in [2.75, 3.05) is 0 Å². The van der Waals surface area contributed by atoms with Gasteiger partial charge in [0.15, 0.2) is 6.33 Å². The maximum Gasteiger partial charge on any atom is 0.165 e. The molecule has 0 N–H and O–H groups in total. The molecule has 0 spiro atoms. The van der Waals surface area contributed by atoms with Gasteiger partial charge in [-0.2, -0.15) is 41.7 Å². The topological polar surface area (TPSA) is 22.8 Å². The molecule has 0 saturated carbocycles. The second-order valence-electron chi connectivity index (χ2n) is 7.54. The molecule has 167 valence electrons. The van der Waals surface area contributed by atoms with Gasteiger partial charge in [-0.05, 0) is 24.3 Å². The van der Waals surface area contributed by atoms with Crippen LogP contribution in [0.1, 0.15) is 16.7 Å². The Kier molecular flexibility index (Phi) is 8.26. The summed E-state index contributed by atoms with van der Waals surface area (Å²) in [5.41, 5.74) is 7.65. The number of hydrogen-bond donors (Lipinski definition) is 0. The van der Waals surface area contributed by atoms with Gasteiger partial charge in [-0.15, -0.1) is 23.8 Å². The van der Waals surface area contributed by atoms with Crippen molar-refractivity contribution in [2.24, 2.45) is 7.05 Å².